The predicted molar refractivity (Wildman–Crippen MR) is 84.7 cm³/mol. The van der Waals surface area contributed by atoms with Crippen molar-refractivity contribution in [3.8, 4) is 11.5 Å². The van der Waals surface area contributed by atoms with Crippen LogP contribution in [0.15, 0.2) is 40.9 Å². The summed E-state index contributed by atoms with van der Waals surface area (Å²) in [5.41, 5.74) is 8.11. The van der Waals surface area contributed by atoms with Gasteiger partial charge in [0.2, 0.25) is 0 Å². The molecule has 2 aromatic rings. The number of rotatable bonds is 4. The summed E-state index contributed by atoms with van der Waals surface area (Å²) in [7, 11) is 3.22. The SMILES string of the molecule is COc1ccc(C(N)c2ccc(Br)c(Cl)c2)c(OC)c1. The fourth-order valence-corrected chi connectivity index (χ4v) is 2.40. The first kappa shape index (κ1) is 15.2. The quantitative estimate of drug-likeness (QED) is 0.894. The first-order chi connectivity index (χ1) is 9.56. The van der Waals surface area contributed by atoms with Gasteiger partial charge in [0.25, 0.3) is 0 Å². The topological polar surface area (TPSA) is 44.5 Å². The molecule has 5 heteroatoms. The fourth-order valence-electron chi connectivity index (χ4n) is 1.96. The van der Waals surface area contributed by atoms with Crippen molar-refractivity contribution in [2.75, 3.05) is 14.2 Å². The van der Waals surface area contributed by atoms with Crippen LogP contribution < -0.4 is 15.2 Å². The molecule has 0 saturated heterocycles. The molecule has 1 atom stereocenters. The van der Waals surface area contributed by atoms with Gasteiger partial charge in [-0.3, -0.25) is 0 Å². The molecule has 106 valence electrons. The molecule has 0 spiro atoms. The van der Waals surface area contributed by atoms with Gasteiger partial charge in [-0.25, -0.2) is 0 Å². The Morgan fingerprint density at radius 2 is 1.85 bits per heavy atom. The van der Waals surface area contributed by atoms with Crippen molar-refractivity contribution < 1.29 is 9.47 Å². The predicted octanol–water partition coefficient (Wildman–Crippen LogP) is 4.17. The van der Waals surface area contributed by atoms with Crippen LogP contribution in [0.4, 0.5) is 0 Å². The Bertz CT molecular complexity index is 619. The second kappa shape index (κ2) is 6.48. The van der Waals surface area contributed by atoms with E-state index in [4.69, 9.17) is 26.8 Å². The van der Waals surface area contributed by atoms with Crippen LogP contribution in [-0.4, -0.2) is 14.2 Å². The van der Waals surface area contributed by atoms with Gasteiger partial charge in [-0.05, 0) is 45.8 Å². The average Bonchev–Trinajstić information content (AvgIpc) is 2.48. The van der Waals surface area contributed by atoms with Gasteiger partial charge < -0.3 is 15.2 Å². The van der Waals surface area contributed by atoms with Crippen molar-refractivity contribution in [3.63, 3.8) is 0 Å². The maximum Gasteiger partial charge on any atom is 0.127 e. The number of ether oxygens (including phenoxy) is 2. The Morgan fingerprint density at radius 3 is 2.45 bits per heavy atom. The highest BCUT2D eigenvalue weighted by Crippen LogP contribution is 2.33. The number of methoxy groups -OCH3 is 2. The van der Waals surface area contributed by atoms with Crippen LogP contribution in [0.5, 0.6) is 11.5 Å². The summed E-state index contributed by atoms with van der Waals surface area (Å²) in [5.74, 6) is 1.42. The Hall–Kier alpha value is -1.23. The molecule has 20 heavy (non-hydrogen) atoms. The molecule has 3 nitrogen and oxygen atoms in total. The van der Waals surface area contributed by atoms with E-state index in [0.29, 0.717) is 10.8 Å². The van der Waals surface area contributed by atoms with Gasteiger partial charge in [0.1, 0.15) is 11.5 Å². The summed E-state index contributed by atoms with van der Waals surface area (Å²) < 4.78 is 11.4. The minimum absolute atomic E-state index is 0.318. The normalized spacial score (nSPS) is 12.1. The average molecular weight is 357 g/mol. The van der Waals surface area contributed by atoms with E-state index < -0.39 is 0 Å². The molecule has 0 amide bonds. The van der Waals surface area contributed by atoms with E-state index in [0.717, 1.165) is 21.3 Å². The lowest BCUT2D eigenvalue weighted by Crippen LogP contribution is -2.13. The van der Waals surface area contributed by atoms with E-state index in [1.54, 1.807) is 14.2 Å². The summed E-state index contributed by atoms with van der Waals surface area (Å²) in [5, 5.41) is 0.630. The molecule has 0 radical (unpaired) electrons. The summed E-state index contributed by atoms with van der Waals surface area (Å²) in [6.45, 7) is 0. The Kier molecular flexibility index (Phi) is 4.91. The Balaban J connectivity index is 2.41. The van der Waals surface area contributed by atoms with E-state index in [2.05, 4.69) is 15.9 Å². The van der Waals surface area contributed by atoms with Gasteiger partial charge in [0.05, 0.1) is 25.3 Å². The molecular formula is C15H15BrClNO2. The Morgan fingerprint density at radius 1 is 1.10 bits per heavy atom. The fraction of sp³-hybridized carbons (Fsp3) is 0.200. The maximum absolute atomic E-state index is 6.31. The summed E-state index contributed by atoms with van der Waals surface area (Å²) in [4.78, 5) is 0. The highest BCUT2D eigenvalue weighted by molar-refractivity contribution is 9.10. The zero-order valence-electron chi connectivity index (χ0n) is 11.2. The van der Waals surface area contributed by atoms with Gasteiger partial charge in [-0.1, -0.05) is 17.7 Å². The number of benzene rings is 2. The van der Waals surface area contributed by atoms with Crippen LogP contribution in [0.25, 0.3) is 0 Å². The van der Waals surface area contributed by atoms with Crippen LogP contribution in [0, 0.1) is 0 Å². The molecule has 0 aliphatic carbocycles. The van der Waals surface area contributed by atoms with Crippen molar-refractivity contribution in [3.05, 3.63) is 57.0 Å². The van der Waals surface area contributed by atoms with Crippen LogP contribution in [0.3, 0.4) is 0 Å². The summed E-state index contributed by atoms with van der Waals surface area (Å²) in [6, 6.07) is 10.9. The van der Waals surface area contributed by atoms with Gasteiger partial charge in [0.15, 0.2) is 0 Å². The molecule has 0 aliphatic rings. The zero-order valence-corrected chi connectivity index (χ0v) is 13.5. The molecule has 0 bridgehead atoms. The maximum atomic E-state index is 6.31. The molecule has 0 fully saturated rings. The third kappa shape index (κ3) is 3.08. The van der Waals surface area contributed by atoms with Gasteiger partial charge in [-0.15, -0.1) is 0 Å². The van der Waals surface area contributed by atoms with Crippen molar-refractivity contribution in [2.45, 2.75) is 6.04 Å². The van der Waals surface area contributed by atoms with Crippen LogP contribution in [0.2, 0.25) is 5.02 Å². The molecule has 2 aromatic carbocycles. The zero-order chi connectivity index (χ0) is 14.7. The number of halogens is 2. The lowest BCUT2D eigenvalue weighted by atomic mass is 9.98. The molecular weight excluding hydrogens is 342 g/mol. The third-order valence-corrected chi connectivity index (χ3v) is 4.31. The van der Waals surface area contributed by atoms with Crippen LogP contribution in [-0.2, 0) is 0 Å². The molecule has 0 aromatic heterocycles. The standard InChI is InChI=1S/C15H15BrClNO2/c1-19-10-4-5-11(14(8-10)20-2)15(18)9-3-6-12(16)13(17)7-9/h3-8,15H,18H2,1-2H3. The summed E-state index contributed by atoms with van der Waals surface area (Å²) >= 11 is 9.48. The minimum Gasteiger partial charge on any atom is -0.497 e. The highest BCUT2D eigenvalue weighted by Gasteiger charge is 2.15. The number of nitrogens with two attached hydrogens (primary N) is 1. The van der Waals surface area contributed by atoms with Crippen LogP contribution >= 0.6 is 27.5 Å². The Labute approximate surface area is 131 Å². The molecule has 2 N–H and O–H groups in total. The summed E-state index contributed by atoms with van der Waals surface area (Å²) in [6.07, 6.45) is 0. The third-order valence-electron chi connectivity index (χ3n) is 3.08. The molecule has 1 unspecified atom stereocenters. The largest absolute Gasteiger partial charge is 0.497 e. The van der Waals surface area contributed by atoms with Crippen molar-refractivity contribution in [1.82, 2.24) is 0 Å². The van der Waals surface area contributed by atoms with Crippen molar-refractivity contribution >= 4 is 27.5 Å². The number of hydrogen-bond acceptors (Lipinski definition) is 3. The first-order valence-corrected chi connectivity index (χ1v) is 7.16. The minimum atomic E-state index is -0.318. The van der Waals surface area contributed by atoms with Gasteiger partial charge in [-0.2, -0.15) is 0 Å². The smallest absolute Gasteiger partial charge is 0.127 e. The van der Waals surface area contributed by atoms with E-state index in [9.17, 15) is 0 Å². The van der Waals surface area contributed by atoms with E-state index >= 15 is 0 Å². The molecule has 0 aliphatic heterocycles. The van der Waals surface area contributed by atoms with Gasteiger partial charge >= 0.3 is 0 Å². The van der Waals surface area contributed by atoms with E-state index in [-0.39, 0.29) is 6.04 Å². The lowest BCUT2D eigenvalue weighted by Gasteiger charge is -2.17. The lowest BCUT2D eigenvalue weighted by molar-refractivity contribution is 0.390. The molecule has 0 heterocycles. The molecule has 2 rings (SSSR count). The van der Waals surface area contributed by atoms with Crippen molar-refractivity contribution in [2.24, 2.45) is 5.73 Å². The van der Waals surface area contributed by atoms with Crippen molar-refractivity contribution in [1.29, 1.82) is 0 Å². The van der Waals surface area contributed by atoms with Gasteiger partial charge in [0, 0.05) is 16.1 Å². The van der Waals surface area contributed by atoms with Crippen LogP contribution in [0.1, 0.15) is 17.2 Å². The first-order valence-electron chi connectivity index (χ1n) is 5.99. The number of hydrogen-bond donors (Lipinski definition) is 1. The molecule has 0 saturated carbocycles. The second-order valence-corrected chi connectivity index (χ2v) is 5.52. The second-order valence-electron chi connectivity index (χ2n) is 4.26. The highest BCUT2D eigenvalue weighted by atomic mass is 79.9. The monoisotopic (exact) mass is 355 g/mol. The van der Waals surface area contributed by atoms with E-state index in [1.165, 1.54) is 0 Å². The van der Waals surface area contributed by atoms with E-state index in [1.807, 2.05) is 36.4 Å².